The number of aliphatic imine (C=N–C) groups is 1. The van der Waals surface area contributed by atoms with E-state index in [1.54, 1.807) is 10.8 Å². The second-order valence-electron chi connectivity index (χ2n) is 3.84. The molecular formula is C10H17IN6. The van der Waals surface area contributed by atoms with Crippen LogP contribution in [0.4, 0.5) is 0 Å². The van der Waals surface area contributed by atoms with Crippen LogP contribution in [0.2, 0.25) is 0 Å². The Labute approximate surface area is 117 Å². The van der Waals surface area contributed by atoms with Crippen LogP contribution >= 0.6 is 24.0 Å². The highest BCUT2D eigenvalue weighted by atomic mass is 127. The number of nitrogens with one attached hydrogen (secondary N) is 1. The smallest absolute Gasteiger partial charge is 0.189 e. The molecule has 94 valence electrons. The number of allylic oxidation sites excluding steroid dienone is 1. The molecule has 7 heteroatoms. The molecule has 0 atom stereocenters. The molecule has 0 spiro atoms. The number of rotatable bonds is 5. The first-order valence-electron chi connectivity index (χ1n) is 5.34. The first kappa shape index (κ1) is 13.9. The van der Waals surface area contributed by atoms with Crippen LogP contribution in [-0.4, -0.2) is 27.0 Å². The molecule has 6 nitrogen and oxygen atoms in total. The molecule has 17 heavy (non-hydrogen) atoms. The Balaban J connectivity index is 0.00000144. The van der Waals surface area contributed by atoms with Gasteiger partial charge in [-0.1, -0.05) is 11.3 Å². The van der Waals surface area contributed by atoms with Crippen molar-refractivity contribution in [2.24, 2.45) is 10.7 Å². The molecule has 0 amide bonds. The first-order valence-corrected chi connectivity index (χ1v) is 5.34. The van der Waals surface area contributed by atoms with E-state index in [0.717, 1.165) is 5.69 Å². The molecule has 0 saturated heterocycles. The summed E-state index contributed by atoms with van der Waals surface area (Å²) in [4.78, 5) is 4.19. The molecule has 1 aromatic rings. The van der Waals surface area contributed by atoms with Gasteiger partial charge in [0.15, 0.2) is 5.96 Å². The van der Waals surface area contributed by atoms with Crippen molar-refractivity contribution < 1.29 is 0 Å². The predicted octanol–water partition coefficient (Wildman–Crippen LogP) is 0.649. The topological polar surface area (TPSA) is 81.1 Å². The fourth-order valence-corrected chi connectivity index (χ4v) is 1.28. The van der Waals surface area contributed by atoms with Crippen LogP contribution in [0, 0.1) is 0 Å². The Bertz CT molecular complexity index is 395. The molecule has 3 N–H and O–H groups in total. The minimum atomic E-state index is 0. The molecule has 2 rings (SSSR count). The predicted molar refractivity (Wildman–Crippen MR) is 77.1 cm³/mol. The third-order valence-corrected chi connectivity index (χ3v) is 2.24. The SMILES string of the molecule is C=CCn1cc(CN=C(N)NC2CC2)nn1.I. The Morgan fingerprint density at radius 2 is 2.47 bits per heavy atom. The highest BCUT2D eigenvalue weighted by molar-refractivity contribution is 14.0. The molecule has 0 aliphatic heterocycles. The van der Waals surface area contributed by atoms with Crippen LogP contribution in [0.3, 0.4) is 0 Å². The standard InChI is InChI=1S/C10H16N6.HI/c1-2-5-16-7-9(14-15-16)6-12-10(11)13-8-3-4-8;/h2,7-8H,1,3-6H2,(H3,11,12,13);1H. The van der Waals surface area contributed by atoms with Gasteiger partial charge >= 0.3 is 0 Å². The average Bonchev–Trinajstić information content (AvgIpc) is 2.95. The van der Waals surface area contributed by atoms with Crippen LogP contribution in [0.1, 0.15) is 18.5 Å². The molecule has 1 fully saturated rings. The largest absolute Gasteiger partial charge is 0.370 e. The van der Waals surface area contributed by atoms with Crippen LogP contribution in [0.25, 0.3) is 0 Å². The zero-order valence-corrected chi connectivity index (χ0v) is 11.9. The molecule has 1 aliphatic rings. The number of hydrogen-bond donors (Lipinski definition) is 2. The Kier molecular flexibility index (Phi) is 5.39. The minimum Gasteiger partial charge on any atom is -0.370 e. The highest BCUT2D eigenvalue weighted by Gasteiger charge is 2.21. The molecular weight excluding hydrogens is 331 g/mol. The summed E-state index contributed by atoms with van der Waals surface area (Å²) in [6.45, 7) is 4.75. The maximum Gasteiger partial charge on any atom is 0.189 e. The zero-order valence-electron chi connectivity index (χ0n) is 9.54. The van der Waals surface area contributed by atoms with Gasteiger partial charge in [0.05, 0.1) is 19.3 Å². The molecule has 0 bridgehead atoms. The Morgan fingerprint density at radius 1 is 1.71 bits per heavy atom. The van der Waals surface area contributed by atoms with E-state index in [9.17, 15) is 0 Å². The lowest BCUT2D eigenvalue weighted by atomic mass is 10.5. The average molecular weight is 348 g/mol. The van der Waals surface area contributed by atoms with E-state index in [4.69, 9.17) is 5.73 Å². The third kappa shape index (κ3) is 4.72. The summed E-state index contributed by atoms with van der Waals surface area (Å²) in [5.41, 5.74) is 6.50. The maximum absolute atomic E-state index is 5.70. The summed E-state index contributed by atoms with van der Waals surface area (Å²) in [5, 5.41) is 11.0. The molecule has 1 saturated carbocycles. The highest BCUT2D eigenvalue weighted by Crippen LogP contribution is 2.17. The van der Waals surface area contributed by atoms with E-state index in [0.29, 0.717) is 25.1 Å². The lowest BCUT2D eigenvalue weighted by Gasteiger charge is -2.01. The van der Waals surface area contributed by atoms with Crippen molar-refractivity contribution >= 4 is 29.9 Å². The minimum absolute atomic E-state index is 0. The van der Waals surface area contributed by atoms with Crippen LogP contribution in [0.15, 0.2) is 23.8 Å². The number of aromatic nitrogens is 3. The second-order valence-corrected chi connectivity index (χ2v) is 3.84. The Morgan fingerprint density at radius 3 is 3.12 bits per heavy atom. The van der Waals surface area contributed by atoms with Crippen molar-refractivity contribution in [2.45, 2.75) is 32.0 Å². The van der Waals surface area contributed by atoms with Crippen molar-refractivity contribution in [1.29, 1.82) is 0 Å². The number of nitrogens with two attached hydrogens (primary N) is 1. The van der Waals surface area contributed by atoms with Crippen molar-refractivity contribution in [3.05, 3.63) is 24.5 Å². The summed E-state index contributed by atoms with van der Waals surface area (Å²) in [6.07, 6.45) is 5.98. The van der Waals surface area contributed by atoms with E-state index < -0.39 is 0 Å². The summed E-state index contributed by atoms with van der Waals surface area (Å²) in [6, 6.07) is 0.528. The van der Waals surface area contributed by atoms with Crippen LogP contribution in [0.5, 0.6) is 0 Å². The zero-order chi connectivity index (χ0) is 11.4. The summed E-state index contributed by atoms with van der Waals surface area (Å²) in [7, 11) is 0. The first-order chi connectivity index (χ1) is 7.78. The van der Waals surface area contributed by atoms with E-state index >= 15 is 0 Å². The van der Waals surface area contributed by atoms with Crippen molar-refractivity contribution in [1.82, 2.24) is 20.3 Å². The van der Waals surface area contributed by atoms with Gasteiger partial charge in [-0.05, 0) is 12.8 Å². The van der Waals surface area contributed by atoms with Gasteiger partial charge in [0, 0.05) is 6.04 Å². The Hall–Kier alpha value is -1.12. The normalized spacial score (nSPS) is 15.2. The molecule has 1 aliphatic carbocycles. The number of nitrogens with zero attached hydrogens (tertiary/aromatic N) is 4. The number of halogens is 1. The van der Waals surface area contributed by atoms with Crippen molar-refractivity contribution in [2.75, 3.05) is 0 Å². The van der Waals surface area contributed by atoms with Gasteiger partial charge in [-0.3, -0.25) is 0 Å². The monoisotopic (exact) mass is 348 g/mol. The van der Waals surface area contributed by atoms with Crippen LogP contribution < -0.4 is 11.1 Å². The van der Waals surface area contributed by atoms with E-state index in [1.165, 1.54) is 12.8 Å². The van der Waals surface area contributed by atoms with Gasteiger partial charge < -0.3 is 11.1 Å². The molecule has 0 unspecified atom stereocenters. The molecule has 1 heterocycles. The summed E-state index contributed by atoms with van der Waals surface area (Å²) in [5.74, 6) is 0.487. The van der Waals surface area contributed by atoms with E-state index in [-0.39, 0.29) is 24.0 Å². The number of guanidine groups is 1. The second kappa shape index (κ2) is 6.58. The third-order valence-electron chi connectivity index (χ3n) is 2.24. The van der Waals surface area contributed by atoms with Gasteiger partial charge in [0.25, 0.3) is 0 Å². The quantitative estimate of drug-likeness (QED) is 0.354. The lowest BCUT2D eigenvalue weighted by molar-refractivity contribution is 0.662. The molecule has 0 radical (unpaired) electrons. The van der Waals surface area contributed by atoms with Gasteiger partial charge in [-0.15, -0.1) is 35.7 Å². The fourth-order valence-electron chi connectivity index (χ4n) is 1.28. The fraction of sp³-hybridized carbons (Fsp3) is 0.500. The summed E-state index contributed by atoms with van der Waals surface area (Å²) < 4.78 is 1.71. The number of hydrogen-bond acceptors (Lipinski definition) is 3. The van der Waals surface area contributed by atoms with Gasteiger partial charge in [0.1, 0.15) is 5.69 Å². The lowest BCUT2D eigenvalue weighted by Crippen LogP contribution is -2.33. The van der Waals surface area contributed by atoms with Gasteiger partial charge in [-0.2, -0.15) is 0 Å². The van der Waals surface area contributed by atoms with Crippen LogP contribution in [-0.2, 0) is 13.1 Å². The maximum atomic E-state index is 5.70. The van der Waals surface area contributed by atoms with Gasteiger partial charge in [-0.25, -0.2) is 9.67 Å². The van der Waals surface area contributed by atoms with E-state index in [2.05, 4.69) is 27.2 Å². The molecule has 1 aromatic heterocycles. The van der Waals surface area contributed by atoms with Gasteiger partial charge in [0.2, 0.25) is 0 Å². The van der Waals surface area contributed by atoms with Crippen molar-refractivity contribution in [3.8, 4) is 0 Å². The van der Waals surface area contributed by atoms with E-state index in [1.807, 2.05) is 6.20 Å². The van der Waals surface area contributed by atoms with Crippen molar-refractivity contribution in [3.63, 3.8) is 0 Å². The summed E-state index contributed by atoms with van der Waals surface area (Å²) >= 11 is 0. The molecule has 0 aromatic carbocycles.